The summed E-state index contributed by atoms with van der Waals surface area (Å²) in [6.45, 7) is 3.66. The third-order valence-corrected chi connectivity index (χ3v) is 2.00. The Morgan fingerprint density at radius 2 is 2.13 bits per heavy atom. The average Bonchev–Trinajstić information content (AvgIpc) is 2.20. The molecule has 0 aliphatic carbocycles. The minimum atomic E-state index is -0.0215. The van der Waals surface area contributed by atoms with Gasteiger partial charge in [0, 0.05) is 26.7 Å². The monoisotopic (exact) mass is 218 g/mol. The molecule has 0 bridgehead atoms. The predicted molar refractivity (Wildman–Crippen MR) is 58.6 cm³/mol. The van der Waals surface area contributed by atoms with Gasteiger partial charge in [-0.1, -0.05) is 0 Å². The second-order valence-electron chi connectivity index (χ2n) is 3.63. The zero-order valence-electron chi connectivity index (χ0n) is 9.86. The van der Waals surface area contributed by atoms with Crippen molar-refractivity contribution in [2.75, 3.05) is 40.5 Å². The minimum absolute atomic E-state index is 0.0215. The molecule has 90 valence electrons. The number of likely N-dealkylation sites (N-methyl/N-ethyl adjacent to an activating group) is 1. The lowest BCUT2D eigenvalue weighted by Crippen LogP contribution is -2.34. The van der Waals surface area contributed by atoms with Gasteiger partial charge in [0.25, 0.3) is 0 Å². The van der Waals surface area contributed by atoms with Crippen LogP contribution in [-0.2, 0) is 14.3 Å². The Morgan fingerprint density at radius 3 is 2.67 bits per heavy atom. The first-order chi connectivity index (χ1) is 7.07. The van der Waals surface area contributed by atoms with Crippen molar-refractivity contribution in [2.45, 2.75) is 19.4 Å². The maximum atomic E-state index is 11.4. The first-order valence-corrected chi connectivity index (χ1v) is 5.14. The maximum Gasteiger partial charge on any atom is 0.248 e. The van der Waals surface area contributed by atoms with Gasteiger partial charge >= 0.3 is 0 Å². The topological polar surface area (TPSA) is 64.8 Å². The highest BCUT2D eigenvalue weighted by atomic mass is 16.5. The highest BCUT2D eigenvalue weighted by Crippen LogP contribution is 1.92. The first kappa shape index (κ1) is 14.3. The van der Waals surface area contributed by atoms with E-state index in [4.69, 9.17) is 15.2 Å². The van der Waals surface area contributed by atoms with Gasteiger partial charge in [0.1, 0.15) is 6.61 Å². The summed E-state index contributed by atoms with van der Waals surface area (Å²) in [5, 5.41) is 0. The molecule has 5 nitrogen and oxygen atoms in total. The average molecular weight is 218 g/mol. The Bertz CT molecular complexity index is 174. The summed E-state index contributed by atoms with van der Waals surface area (Å²) in [5.74, 6) is -0.0215. The molecule has 1 atom stereocenters. The van der Waals surface area contributed by atoms with Gasteiger partial charge in [-0.3, -0.25) is 4.79 Å². The summed E-state index contributed by atoms with van der Waals surface area (Å²) in [7, 11) is 3.35. The molecule has 0 radical (unpaired) electrons. The van der Waals surface area contributed by atoms with E-state index in [9.17, 15) is 4.79 Å². The molecule has 0 aliphatic heterocycles. The fraction of sp³-hybridized carbons (Fsp3) is 0.900. The highest BCUT2D eigenvalue weighted by Gasteiger charge is 2.08. The molecule has 5 heteroatoms. The second kappa shape index (κ2) is 8.64. The fourth-order valence-corrected chi connectivity index (χ4v) is 0.934. The quantitative estimate of drug-likeness (QED) is 0.575. The lowest BCUT2D eigenvalue weighted by molar-refractivity contribution is -0.135. The van der Waals surface area contributed by atoms with Gasteiger partial charge < -0.3 is 20.1 Å². The van der Waals surface area contributed by atoms with E-state index in [-0.39, 0.29) is 18.6 Å². The van der Waals surface area contributed by atoms with Gasteiger partial charge in [0.05, 0.1) is 13.2 Å². The lowest BCUT2D eigenvalue weighted by Gasteiger charge is -2.18. The number of ether oxygens (including phenoxy) is 2. The van der Waals surface area contributed by atoms with Gasteiger partial charge in [-0.15, -0.1) is 0 Å². The van der Waals surface area contributed by atoms with Crippen LogP contribution < -0.4 is 5.73 Å². The zero-order chi connectivity index (χ0) is 11.7. The lowest BCUT2D eigenvalue weighted by atomic mass is 10.2. The molecule has 0 saturated heterocycles. The van der Waals surface area contributed by atoms with Crippen LogP contribution in [0.1, 0.15) is 13.3 Å². The molecule has 0 fully saturated rings. The molecule has 0 spiro atoms. The van der Waals surface area contributed by atoms with Crippen molar-refractivity contribution in [2.24, 2.45) is 5.73 Å². The first-order valence-electron chi connectivity index (χ1n) is 5.14. The Balaban J connectivity index is 3.51. The van der Waals surface area contributed by atoms with Gasteiger partial charge in [-0.25, -0.2) is 0 Å². The fourth-order valence-electron chi connectivity index (χ4n) is 0.934. The molecular formula is C10H22N2O3. The molecule has 0 aliphatic rings. The van der Waals surface area contributed by atoms with Crippen molar-refractivity contribution in [3.8, 4) is 0 Å². The molecule has 0 aromatic heterocycles. The third-order valence-electron chi connectivity index (χ3n) is 2.00. The number of hydrogen-bond acceptors (Lipinski definition) is 4. The van der Waals surface area contributed by atoms with E-state index in [2.05, 4.69) is 0 Å². The minimum Gasteiger partial charge on any atom is -0.382 e. The molecule has 0 rings (SSSR count). The largest absolute Gasteiger partial charge is 0.382 e. The van der Waals surface area contributed by atoms with Crippen molar-refractivity contribution in [3.63, 3.8) is 0 Å². The molecule has 1 unspecified atom stereocenters. The number of rotatable bonds is 8. The van der Waals surface area contributed by atoms with E-state index >= 15 is 0 Å². The van der Waals surface area contributed by atoms with E-state index in [0.29, 0.717) is 19.8 Å². The molecule has 0 heterocycles. The molecule has 1 amide bonds. The smallest absolute Gasteiger partial charge is 0.248 e. The van der Waals surface area contributed by atoms with Crippen molar-refractivity contribution in [1.29, 1.82) is 0 Å². The van der Waals surface area contributed by atoms with Gasteiger partial charge in [-0.05, 0) is 13.3 Å². The summed E-state index contributed by atoms with van der Waals surface area (Å²) in [6.07, 6.45) is 0.806. The van der Waals surface area contributed by atoms with Crippen LogP contribution in [-0.4, -0.2) is 57.4 Å². The Morgan fingerprint density at radius 1 is 1.47 bits per heavy atom. The van der Waals surface area contributed by atoms with Crippen LogP contribution in [0.4, 0.5) is 0 Å². The second-order valence-corrected chi connectivity index (χ2v) is 3.63. The van der Waals surface area contributed by atoms with Crippen LogP contribution in [0.2, 0.25) is 0 Å². The molecule has 15 heavy (non-hydrogen) atoms. The number of hydrogen-bond donors (Lipinski definition) is 1. The SMILES string of the molecule is COCCOCC(=O)N(C)CCC(C)N. The van der Waals surface area contributed by atoms with Crippen molar-refractivity contribution in [1.82, 2.24) is 4.90 Å². The van der Waals surface area contributed by atoms with E-state index in [0.717, 1.165) is 6.42 Å². The van der Waals surface area contributed by atoms with E-state index in [1.807, 2.05) is 6.92 Å². The summed E-state index contributed by atoms with van der Waals surface area (Å²) < 4.78 is 9.91. The molecule has 2 N–H and O–H groups in total. The van der Waals surface area contributed by atoms with Crippen LogP contribution in [0.25, 0.3) is 0 Å². The summed E-state index contributed by atoms with van der Waals surface area (Å²) in [5.41, 5.74) is 5.59. The molecule has 0 aromatic rings. The number of carbonyl (C=O) groups is 1. The number of carbonyl (C=O) groups excluding carboxylic acids is 1. The number of methoxy groups -OCH3 is 1. The van der Waals surface area contributed by atoms with Crippen molar-refractivity contribution >= 4 is 5.91 Å². The van der Waals surface area contributed by atoms with Crippen LogP contribution in [0, 0.1) is 0 Å². The van der Waals surface area contributed by atoms with E-state index in [1.165, 1.54) is 0 Å². The van der Waals surface area contributed by atoms with E-state index < -0.39 is 0 Å². The third kappa shape index (κ3) is 8.35. The molecule has 0 saturated carbocycles. The summed E-state index contributed by atoms with van der Waals surface area (Å²) in [4.78, 5) is 13.1. The Labute approximate surface area is 91.5 Å². The normalized spacial score (nSPS) is 12.5. The zero-order valence-corrected chi connectivity index (χ0v) is 9.86. The van der Waals surface area contributed by atoms with Crippen molar-refractivity contribution in [3.05, 3.63) is 0 Å². The summed E-state index contributed by atoms with van der Waals surface area (Å²) >= 11 is 0. The maximum absolute atomic E-state index is 11.4. The van der Waals surface area contributed by atoms with Gasteiger partial charge in [0.15, 0.2) is 0 Å². The summed E-state index contributed by atoms with van der Waals surface area (Å²) in [6, 6.07) is 0.120. The van der Waals surface area contributed by atoms with Crippen LogP contribution in [0.3, 0.4) is 0 Å². The van der Waals surface area contributed by atoms with Crippen molar-refractivity contribution < 1.29 is 14.3 Å². The van der Waals surface area contributed by atoms with E-state index in [1.54, 1.807) is 19.1 Å². The predicted octanol–water partition coefficient (Wildman–Crippen LogP) is -0.155. The number of nitrogens with two attached hydrogens (primary N) is 1. The number of amides is 1. The Kier molecular flexibility index (Phi) is 8.27. The highest BCUT2D eigenvalue weighted by molar-refractivity contribution is 5.77. The van der Waals surface area contributed by atoms with Crippen LogP contribution >= 0.6 is 0 Å². The van der Waals surface area contributed by atoms with Crippen LogP contribution in [0.5, 0.6) is 0 Å². The van der Waals surface area contributed by atoms with Gasteiger partial charge in [-0.2, -0.15) is 0 Å². The van der Waals surface area contributed by atoms with Crippen LogP contribution in [0.15, 0.2) is 0 Å². The number of nitrogens with zero attached hydrogens (tertiary/aromatic N) is 1. The standard InChI is InChI=1S/C10H22N2O3/c1-9(11)4-5-12(2)10(13)8-15-7-6-14-3/h9H,4-8,11H2,1-3H3. The molecular weight excluding hydrogens is 196 g/mol. The Hall–Kier alpha value is -0.650. The molecule has 0 aromatic carbocycles. The van der Waals surface area contributed by atoms with Gasteiger partial charge in [0.2, 0.25) is 5.91 Å².